The average Bonchev–Trinajstić information content (AvgIpc) is 2.66. The molecule has 1 aliphatic carbocycles. The molecule has 18 heavy (non-hydrogen) atoms. The van der Waals surface area contributed by atoms with Crippen LogP contribution in [0.1, 0.15) is 24.2 Å². The van der Waals surface area contributed by atoms with E-state index in [0.29, 0.717) is 18.6 Å². The molecule has 2 aliphatic heterocycles. The third-order valence-corrected chi connectivity index (χ3v) is 3.23. The molecule has 1 aromatic rings. The Morgan fingerprint density at radius 2 is 2.22 bits per heavy atom. The van der Waals surface area contributed by atoms with Crippen molar-refractivity contribution in [3.8, 4) is 0 Å². The van der Waals surface area contributed by atoms with Gasteiger partial charge in [-0.1, -0.05) is 24.3 Å². The van der Waals surface area contributed by atoms with Crippen molar-refractivity contribution in [1.29, 1.82) is 0 Å². The summed E-state index contributed by atoms with van der Waals surface area (Å²) in [5.41, 5.74) is 2.77. The van der Waals surface area contributed by atoms with Crippen LogP contribution in [-0.4, -0.2) is 18.7 Å². The Bertz CT molecular complexity index is 506. The zero-order chi connectivity index (χ0) is 12.5. The monoisotopic (exact) mass is 246 g/mol. The molecule has 2 bridgehead atoms. The van der Waals surface area contributed by atoms with Crippen LogP contribution in [0.2, 0.25) is 0 Å². The first-order valence-corrected chi connectivity index (χ1v) is 6.08. The van der Waals surface area contributed by atoms with Gasteiger partial charge in [-0.3, -0.25) is 0 Å². The molecule has 4 rings (SSSR count). The van der Waals surface area contributed by atoms with Gasteiger partial charge in [0, 0.05) is 6.42 Å². The number of carbonyl (C=O) groups is 1. The van der Waals surface area contributed by atoms with E-state index in [1.807, 2.05) is 24.3 Å². The van der Waals surface area contributed by atoms with Crippen LogP contribution in [0.25, 0.3) is 0 Å². The number of ether oxygens (including phenoxy) is 1. The third-order valence-electron chi connectivity index (χ3n) is 3.23. The number of hydrogen-bond acceptors (Lipinski definition) is 4. The van der Waals surface area contributed by atoms with E-state index >= 15 is 0 Å². The molecule has 0 aromatic heterocycles. The number of fused-ring (bicyclic) bond motifs is 1. The molecule has 0 saturated heterocycles. The van der Waals surface area contributed by atoms with E-state index in [0.717, 1.165) is 11.1 Å². The van der Waals surface area contributed by atoms with Gasteiger partial charge in [-0.25, -0.2) is 14.6 Å². The largest absolute Gasteiger partial charge is 0.463 e. The minimum Gasteiger partial charge on any atom is -0.463 e. The molecule has 0 radical (unpaired) electrons. The smallest absolute Gasteiger partial charge is 0.336 e. The van der Waals surface area contributed by atoms with Crippen LogP contribution < -0.4 is 0 Å². The molecule has 0 saturated carbocycles. The lowest BCUT2D eigenvalue weighted by Gasteiger charge is -2.22. The average molecular weight is 246 g/mol. The fourth-order valence-electron chi connectivity index (χ4n) is 2.37. The molecular formula is C14H14O4. The SMILES string of the molecule is CCOC(=O)C1=CC2OOC1Cc1ccccc12. The standard InChI is InChI=1S/C14H14O4/c1-2-16-14(15)11-8-13-10-6-4-3-5-9(10)7-12(11)17-18-13/h3-6,8,12-13H,2,7H2,1H3. The second kappa shape index (κ2) is 4.55. The first-order valence-electron chi connectivity index (χ1n) is 6.08. The minimum absolute atomic E-state index is 0.316. The normalized spacial score (nSPS) is 25.1. The van der Waals surface area contributed by atoms with Gasteiger partial charge in [-0.05, 0) is 24.1 Å². The van der Waals surface area contributed by atoms with Gasteiger partial charge < -0.3 is 4.74 Å². The number of benzene rings is 1. The minimum atomic E-state index is -0.371. The molecule has 3 aliphatic rings. The van der Waals surface area contributed by atoms with Gasteiger partial charge in [-0.15, -0.1) is 0 Å². The molecule has 0 N–H and O–H groups in total. The highest BCUT2D eigenvalue weighted by molar-refractivity contribution is 5.90. The number of carbonyl (C=O) groups excluding carboxylic acids is 1. The van der Waals surface area contributed by atoms with Crippen molar-refractivity contribution in [2.45, 2.75) is 25.6 Å². The van der Waals surface area contributed by atoms with E-state index in [-0.39, 0.29) is 18.2 Å². The Labute approximate surface area is 105 Å². The van der Waals surface area contributed by atoms with E-state index < -0.39 is 0 Å². The third kappa shape index (κ3) is 1.83. The van der Waals surface area contributed by atoms with E-state index in [9.17, 15) is 4.79 Å². The Morgan fingerprint density at radius 1 is 1.39 bits per heavy atom. The van der Waals surface area contributed by atoms with Crippen molar-refractivity contribution in [2.75, 3.05) is 6.61 Å². The topological polar surface area (TPSA) is 44.8 Å². The zero-order valence-electron chi connectivity index (χ0n) is 10.1. The number of hydrogen-bond donors (Lipinski definition) is 0. The summed E-state index contributed by atoms with van der Waals surface area (Å²) in [4.78, 5) is 22.5. The van der Waals surface area contributed by atoms with E-state index in [1.165, 1.54) is 0 Å². The van der Waals surface area contributed by atoms with Crippen LogP contribution in [0.3, 0.4) is 0 Å². The second-order valence-electron chi connectivity index (χ2n) is 4.35. The van der Waals surface area contributed by atoms with Gasteiger partial charge in [0.25, 0.3) is 0 Å². The lowest BCUT2D eigenvalue weighted by Crippen LogP contribution is -2.27. The summed E-state index contributed by atoms with van der Waals surface area (Å²) in [6, 6.07) is 7.97. The molecule has 1 aromatic carbocycles. The van der Waals surface area contributed by atoms with Crippen LogP contribution in [-0.2, 0) is 25.7 Å². The van der Waals surface area contributed by atoms with Crippen molar-refractivity contribution in [2.24, 2.45) is 0 Å². The fourth-order valence-corrected chi connectivity index (χ4v) is 2.37. The second-order valence-corrected chi connectivity index (χ2v) is 4.35. The first kappa shape index (κ1) is 11.4. The number of esters is 1. The van der Waals surface area contributed by atoms with Crippen molar-refractivity contribution in [3.05, 3.63) is 47.0 Å². The van der Waals surface area contributed by atoms with Crippen LogP contribution in [0.4, 0.5) is 0 Å². The molecule has 2 heterocycles. The first-order chi connectivity index (χ1) is 8.79. The highest BCUT2D eigenvalue weighted by atomic mass is 17.2. The van der Waals surface area contributed by atoms with Crippen molar-refractivity contribution in [3.63, 3.8) is 0 Å². The van der Waals surface area contributed by atoms with Crippen LogP contribution >= 0.6 is 0 Å². The van der Waals surface area contributed by atoms with Gasteiger partial charge in [0.15, 0.2) is 0 Å². The summed E-state index contributed by atoms with van der Waals surface area (Å²) in [6.07, 6.45) is 1.75. The predicted molar refractivity (Wildman–Crippen MR) is 63.6 cm³/mol. The molecular weight excluding hydrogens is 232 g/mol. The molecule has 0 amide bonds. The summed E-state index contributed by atoms with van der Waals surface area (Å²) in [5, 5.41) is 0. The quantitative estimate of drug-likeness (QED) is 0.592. The maximum absolute atomic E-state index is 11.9. The summed E-state index contributed by atoms with van der Waals surface area (Å²) in [6.45, 7) is 2.15. The molecule has 2 atom stereocenters. The Kier molecular flexibility index (Phi) is 2.89. The lowest BCUT2D eigenvalue weighted by molar-refractivity contribution is -0.341. The summed E-state index contributed by atoms with van der Waals surface area (Å²) in [7, 11) is 0. The van der Waals surface area contributed by atoms with Crippen molar-refractivity contribution >= 4 is 5.97 Å². The molecule has 2 unspecified atom stereocenters. The summed E-state index contributed by atoms with van der Waals surface area (Å²) < 4.78 is 5.05. The number of rotatable bonds is 2. The maximum atomic E-state index is 11.9. The highest BCUT2D eigenvalue weighted by Gasteiger charge is 2.36. The Balaban J connectivity index is 1.98. The van der Waals surface area contributed by atoms with Crippen molar-refractivity contribution < 1.29 is 19.3 Å². The predicted octanol–water partition coefficient (Wildman–Crippen LogP) is 2.10. The molecule has 4 nitrogen and oxygen atoms in total. The lowest BCUT2D eigenvalue weighted by atomic mass is 10.0. The van der Waals surface area contributed by atoms with Crippen LogP contribution in [0, 0.1) is 0 Å². The van der Waals surface area contributed by atoms with Crippen LogP contribution in [0.15, 0.2) is 35.9 Å². The Hall–Kier alpha value is -1.65. The zero-order valence-corrected chi connectivity index (χ0v) is 10.1. The van der Waals surface area contributed by atoms with Crippen LogP contribution in [0.5, 0.6) is 0 Å². The van der Waals surface area contributed by atoms with Gasteiger partial charge in [-0.2, -0.15) is 0 Å². The van der Waals surface area contributed by atoms with E-state index in [1.54, 1.807) is 13.0 Å². The summed E-state index contributed by atoms with van der Waals surface area (Å²) in [5.74, 6) is -0.316. The van der Waals surface area contributed by atoms with Crippen molar-refractivity contribution in [1.82, 2.24) is 0 Å². The van der Waals surface area contributed by atoms with Gasteiger partial charge in [0.2, 0.25) is 0 Å². The molecule has 0 spiro atoms. The van der Waals surface area contributed by atoms with E-state index in [2.05, 4.69) is 0 Å². The fraction of sp³-hybridized carbons (Fsp3) is 0.357. The molecule has 4 heteroatoms. The van der Waals surface area contributed by atoms with Gasteiger partial charge in [0.05, 0.1) is 12.2 Å². The maximum Gasteiger partial charge on any atom is 0.336 e. The summed E-state index contributed by atoms with van der Waals surface area (Å²) >= 11 is 0. The Morgan fingerprint density at radius 3 is 3.06 bits per heavy atom. The van der Waals surface area contributed by atoms with Gasteiger partial charge >= 0.3 is 5.97 Å². The highest BCUT2D eigenvalue weighted by Crippen LogP contribution is 2.36. The molecule has 0 fully saturated rings. The molecule has 94 valence electrons. The van der Waals surface area contributed by atoms with E-state index in [4.69, 9.17) is 14.5 Å². The van der Waals surface area contributed by atoms with Gasteiger partial charge in [0.1, 0.15) is 12.2 Å².